The zero-order valence-corrected chi connectivity index (χ0v) is 8.01. The van der Waals surface area contributed by atoms with Crippen LogP contribution in [0.3, 0.4) is 0 Å². The zero-order valence-electron chi connectivity index (χ0n) is 8.01. The molecule has 0 amide bonds. The lowest BCUT2D eigenvalue weighted by atomic mass is 10.2. The molecule has 0 aliphatic carbocycles. The van der Waals surface area contributed by atoms with Crippen LogP contribution in [0.1, 0.15) is 25.6 Å². The van der Waals surface area contributed by atoms with Crippen molar-refractivity contribution in [3.8, 4) is 0 Å². The molecule has 0 bridgehead atoms. The van der Waals surface area contributed by atoms with E-state index < -0.39 is 0 Å². The van der Waals surface area contributed by atoms with Gasteiger partial charge in [-0.2, -0.15) is 0 Å². The fourth-order valence-corrected chi connectivity index (χ4v) is 0.992. The number of aromatic nitrogens is 3. The highest BCUT2D eigenvalue weighted by atomic mass is 16.3. The molecule has 0 fully saturated rings. The molecule has 0 aromatic carbocycles. The molecule has 1 aromatic heterocycles. The minimum absolute atomic E-state index is 0.0193. The van der Waals surface area contributed by atoms with E-state index in [0.29, 0.717) is 12.5 Å². The largest absolute Gasteiger partial charge is 0.395 e. The van der Waals surface area contributed by atoms with Gasteiger partial charge in [-0.25, -0.2) is 4.68 Å². The normalized spacial score (nSPS) is 13.6. The summed E-state index contributed by atoms with van der Waals surface area (Å²) < 4.78 is 1.78. The van der Waals surface area contributed by atoms with Crippen molar-refractivity contribution in [3.63, 3.8) is 0 Å². The van der Waals surface area contributed by atoms with Gasteiger partial charge in [0.05, 0.1) is 12.3 Å². The van der Waals surface area contributed by atoms with Gasteiger partial charge < -0.3 is 10.8 Å². The summed E-state index contributed by atoms with van der Waals surface area (Å²) in [6.07, 6.45) is 2.43. The molecule has 3 N–H and O–H groups in total. The monoisotopic (exact) mass is 184 g/mol. The fourth-order valence-electron chi connectivity index (χ4n) is 0.992. The third-order valence-electron chi connectivity index (χ3n) is 1.79. The highest BCUT2D eigenvalue weighted by molar-refractivity contribution is 4.95. The second-order valence-corrected chi connectivity index (χ2v) is 3.43. The van der Waals surface area contributed by atoms with Crippen molar-refractivity contribution in [2.24, 2.45) is 5.73 Å². The number of rotatable bonds is 4. The van der Waals surface area contributed by atoms with Crippen LogP contribution in [0, 0.1) is 0 Å². The SMILES string of the molecule is CC(C)n1cc(CC(N)CO)nn1. The van der Waals surface area contributed by atoms with Crippen molar-refractivity contribution in [3.05, 3.63) is 11.9 Å². The van der Waals surface area contributed by atoms with E-state index in [-0.39, 0.29) is 12.6 Å². The molecule has 0 spiro atoms. The number of hydrogen-bond donors (Lipinski definition) is 2. The van der Waals surface area contributed by atoms with E-state index in [1.54, 1.807) is 4.68 Å². The summed E-state index contributed by atoms with van der Waals surface area (Å²) in [7, 11) is 0. The highest BCUT2D eigenvalue weighted by Crippen LogP contribution is 2.03. The van der Waals surface area contributed by atoms with E-state index in [1.165, 1.54) is 0 Å². The Morgan fingerprint density at radius 2 is 2.31 bits per heavy atom. The second-order valence-electron chi connectivity index (χ2n) is 3.43. The first kappa shape index (κ1) is 10.1. The molecule has 5 nitrogen and oxygen atoms in total. The maximum absolute atomic E-state index is 8.73. The smallest absolute Gasteiger partial charge is 0.0843 e. The van der Waals surface area contributed by atoms with Crippen LogP contribution >= 0.6 is 0 Å². The summed E-state index contributed by atoms with van der Waals surface area (Å²) in [5, 5.41) is 16.6. The number of nitrogens with zero attached hydrogens (tertiary/aromatic N) is 3. The Labute approximate surface area is 77.6 Å². The summed E-state index contributed by atoms with van der Waals surface area (Å²) in [4.78, 5) is 0. The van der Waals surface area contributed by atoms with Gasteiger partial charge in [0.15, 0.2) is 0 Å². The van der Waals surface area contributed by atoms with E-state index in [9.17, 15) is 0 Å². The Balaban J connectivity index is 2.58. The maximum Gasteiger partial charge on any atom is 0.0843 e. The Bertz CT molecular complexity index is 258. The van der Waals surface area contributed by atoms with Crippen LogP contribution in [-0.4, -0.2) is 32.7 Å². The minimum Gasteiger partial charge on any atom is -0.395 e. The number of nitrogens with two attached hydrogens (primary N) is 1. The Morgan fingerprint density at radius 1 is 1.62 bits per heavy atom. The molecule has 1 atom stereocenters. The molecule has 0 saturated heterocycles. The lowest BCUT2D eigenvalue weighted by molar-refractivity contribution is 0.264. The zero-order chi connectivity index (χ0) is 9.84. The van der Waals surface area contributed by atoms with Gasteiger partial charge >= 0.3 is 0 Å². The Kier molecular flexibility index (Phi) is 3.39. The van der Waals surface area contributed by atoms with Gasteiger partial charge in [-0.05, 0) is 13.8 Å². The summed E-state index contributed by atoms with van der Waals surface area (Å²) in [6, 6.07) is 0.0731. The molecular weight excluding hydrogens is 168 g/mol. The van der Waals surface area contributed by atoms with Gasteiger partial charge in [-0.1, -0.05) is 5.21 Å². The van der Waals surface area contributed by atoms with Crippen molar-refractivity contribution in [2.45, 2.75) is 32.4 Å². The molecule has 1 aromatic rings. The summed E-state index contributed by atoms with van der Waals surface area (Å²) >= 11 is 0. The summed E-state index contributed by atoms with van der Waals surface area (Å²) in [5.74, 6) is 0. The van der Waals surface area contributed by atoms with Gasteiger partial charge in [-0.3, -0.25) is 0 Å². The van der Waals surface area contributed by atoms with Crippen LogP contribution in [0.15, 0.2) is 6.20 Å². The lowest BCUT2D eigenvalue weighted by Gasteiger charge is -2.04. The molecule has 0 aliphatic rings. The van der Waals surface area contributed by atoms with Gasteiger partial charge in [0, 0.05) is 24.7 Å². The highest BCUT2D eigenvalue weighted by Gasteiger charge is 2.07. The summed E-state index contributed by atoms with van der Waals surface area (Å²) in [5.41, 5.74) is 6.39. The molecule has 74 valence electrons. The van der Waals surface area contributed by atoms with Crippen LogP contribution in [-0.2, 0) is 6.42 Å². The molecule has 1 unspecified atom stereocenters. The van der Waals surface area contributed by atoms with Crippen molar-refractivity contribution >= 4 is 0 Å². The first-order valence-corrected chi connectivity index (χ1v) is 4.40. The quantitative estimate of drug-likeness (QED) is 0.674. The van der Waals surface area contributed by atoms with Crippen molar-refractivity contribution < 1.29 is 5.11 Å². The first-order chi connectivity index (χ1) is 6.13. The molecule has 1 heterocycles. The van der Waals surface area contributed by atoms with Crippen LogP contribution < -0.4 is 5.73 Å². The molecule has 0 radical (unpaired) electrons. The maximum atomic E-state index is 8.73. The lowest BCUT2D eigenvalue weighted by Crippen LogP contribution is -2.26. The molecule has 0 saturated carbocycles. The van der Waals surface area contributed by atoms with Gasteiger partial charge in [0.25, 0.3) is 0 Å². The van der Waals surface area contributed by atoms with Crippen molar-refractivity contribution in [2.75, 3.05) is 6.61 Å². The Morgan fingerprint density at radius 3 is 2.77 bits per heavy atom. The molecule has 0 aliphatic heterocycles. The third kappa shape index (κ3) is 2.78. The Hall–Kier alpha value is -0.940. The van der Waals surface area contributed by atoms with E-state index in [2.05, 4.69) is 10.3 Å². The van der Waals surface area contributed by atoms with Gasteiger partial charge in [0.2, 0.25) is 0 Å². The van der Waals surface area contributed by atoms with E-state index in [1.807, 2.05) is 20.0 Å². The second kappa shape index (κ2) is 4.34. The van der Waals surface area contributed by atoms with Crippen LogP contribution in [0.5, 0.6) is 0 Å². The predicted octanol–water partition coefficient (Wildman–Crippen LogP) is -0.279. The average molecular weight is 184 g/mol. The van der Waals surface area contributed by atoms with Crippen LogP contribution in [0.25, 0.3) is 0 Å². The van der Waals surface area contributed by atoms with E-state index in [4.69, 9.17) is 10.8 Å². The number of aliphatic hydroxyl groups is 1. The number of hydrogen-bond acceptors (Lipinski definition) is 4. The van der Waals surface area contributed by atoms with Gasteiger partial charge in [-0.15, -0.1) is 5.10 Å². The average Bonchev–Trinajstić information content (AvgIpc) is 2.52. The summed E-state index contributed by atoms with van der Waals surface area (Å²) in [6.45, 7) is 4.05. The first-order valence-electron chi connectivity index (χ1n) is 4.40. The van der Waals surface area contributed by atoms with Crippen molar-refractivity contribution in [1.82, 2.24) is 15.0 Å². The fraction of sp³-hybridized carbons (Fsp3) is 0.750. The van der Waals surface area contributed by atoms with Crippen molar-refractivity contribution in [1.29, 1.82) is 0 Å². The van der Waals surface area contributed by atoms with E-state index in [0.717, 1.165) is 5.69 Å². The van der Waals surface area contributed by atoms with Gasteiger partial charge in [0.1, 0.15) is 0 Å². The molecule has 1 rings (SSSR count). The third-order valence-corrected chi connectivity index (χ3v) is 1.79. The number of aliphatic hydroxyl groups excluding tert-OH is 1. The molecule has 13 heavy (non-hydrogen) atoms. The molecule has 5 heteroatoms. The predicted molar refractivity (Wildman–Crippen MR) is 49.2 cm³/mol. The van der Waals surface area contributed by atoms with Crippen LogP contribution in [0.4, 0.5) is 0 Å². The topological polar surface area (TPSA) is 77.0 Å². The van der Waals surface area contributed by atoms with Crippen LogP contribution in [0.2, 0.25) is 0 Å². The minimum atomic E-state index is -0.239. The van der Waals surface area contributed by atoms with E-state index >= 15 is 0 Å². The molecular formula is C8H16N4O. The standard InChI is InChI=1S/C8H16N4O/c1-6(2)12-4-8(10-11-12)3-7(9)5-13/h4,6-7,13H,3,5,9H2,1-2H3.